The molecule has 0 saturated carbocycles. The van der Waals surface area contributed by atoms with Crippen molar-refractivity contribution in [2.75, 3.05) is 13.7 Å². The van der Waals surface area contributed by atoms with Gasteiger partial charge in [-0.2, -0.15) is 0 Å². The number of thioether (sulfide) groups is 1. The number of carbonyl (C=O) groups excluding carboxylic acids is 2. The fraction of sp³-hybridized carbons (Fsp3) is 0.273. The molecule has 2 amide bonds. The zero-order valence-corrected chi connectivity index (χ0v) is 18.9. The Kier molecular flexibility index (Phi) is 7.69. The molecule has 1 aliphatic heterocycles. The van der Waals surface area contributed by atoms with E-state index in [4.69, 9.17) is 32.7 Å². The number of hydrogen-bond donors (Lipinski definition) is 0. The Labute approximate surface area is 189 Å². The molecule has 2 aromatic carbocycles. The molecule has 0 bridgehead atoms. The van der Waals surface area contributed by atoms with E-state index in [1.165, 1.54) is 12.0 Å². The molecule has 30 heavy (non-hydrogen) atoms. The molecule has 158 valence electrons. The van der Waals surface area contributed by atoms with Crippen LogP contribution in [0.15, 0.2) is 41.3 Å². The van der Waals surface area contributed by atoms with Gasteiger partial charge in [0.25, 0.3) is 11.1 Å². The number of rotatable bonds is 8. The molecule has 3 rings (SSSR count). The van der Waals surface area contributed by atoms with Gasteiger partial charge in [0.2, 0.25) is 0 Å². The molecule has 8 heteroatoms. The van der Waals surface area contributed by atoms with Gasteiger partial charge in [0.05, 0.1) is 17.0 Å². The highest BCUT2D eigenvalue weighted by Crippen LogP contribution is 2.39. The maximum atomic E-state index is 12.5. The fourth-order valence-electron chi connectivity index (χ4n) is 2.89. The van der Waals surface area contributed by atoms with Crippen molar-refractivity contribution in [1.29, 1.82) is 0 Å². The number of imide groups is 1. The Morgan fingerprint density at radius 1 is 1.13 bits per heavy atom. The Morgan fingerprint density at radius 2 is 1.90 bits per heavy atom. The van der Waals surface area contributed by atoms with Gasteiger partial charge in [-0.3, -0.25) is 14.5 Å². The van der Waals surface area contributed by atoms with Crippen LogP contribution in [0, 0.1) is 0 Å². The van der Waals surface area contributed by atoms with Crippen LogP contribution in [0.3, 0.4) is 0 Å². The van der Waals surface area contributed by atoms with Crippen molar-refractivity contribution >= 4 is 52.2 Å². The molecule has 1 aliphatic rings. The summed E-state index contributed by atoms with van der Waals surface area (Å²) in [5.41, 5.74) is 1.46. The maximum Gasteiger partial charge on any atom is 0.293 e. The topological polar surface area (TPSA) is 55.8 Å². The molecule has 0 aromatic heterocycles. The first-order valence-corrected chi connectivity index (χ1v) is 11.0. The van der Waals surface area contributed by atoms with Crippen LogP contribution in [0.25, 0.3) is 6.08 Å². The largest absolute Gasteiger partial charge is 0.493 e. The summed E-state index contributed by atoms with van der Waals surface area (Å²) in [4.78, 5) is 26.3. The Morgan fingerprint density at radius 3 is 2.60 bits per heavy atom. The number of ether oxygens (including phenoxy) is 2. The van der Waals surface area contributed by atoms with E-state index in [-0.39, 0.29) is 17.8 Å². The average molecular weight is 466 g/mol. The summed E-state index contributed by atoms with van der Waals surface area (Å²) >= 11 is 13.5. The zero-order valence-electron chi connectivity index (χ0n) is 16.6. The lowest BCUT2D eigenvalue weighted by atomic mass is 10.1. The monoisotopic (exact) mass is 465 g/mol. The highest BCUT2D eigenvalue weighted by atomic mass is 35.5. The van der Waals surface area contributed by atoms with Crippen molar-refractivity contribution in [3.8, 4) is 11.5 Å². The molecule has 0 unspecified atom stereocenters. The number of methoxy groups -OCH3 is 1. The van der Waals surface area contributed by atoms with E-state index in [1.54, 1.807) is 24.3 Å². The summed E-state index contributed by atoms with van der Waals surface area (Å²) in [5.74, 6) is 0.519. The van der Waals surface area contributed by atoms with Crippen LogP contribution >= 0.6 is 35.0 Å². The summed E-state index contributed by atoms with van der Waals surface area (Å²) in [6, 6.07) is 10.8. The minimum absolute atomic E-state index is 0.228. The number of hydrogen-bond acceptors (Lipinski definition) is 5. The number of nitrogens with zero attached hydrogens (tertiary/aromatic N) is 1. The van der Waals surface area contributed by atoms with Crippen LogP contribution in [0.4, 0.5) is 4.79 Å². The second-order valence-electron chi connectivity index (χ2n) is 6.60. The zero-order chi connectivity index (χ0) is 21.7. The maximum absolute atomic E-state index is 12.5. The number of unbranched alkanes of at least 4 members (excludes halogenated alkanes) is 1. The molecule has 5 nitrogen and oxygen atoms in total. The normalized spacial score (nSPS) is 15.2. The van der Waals surface area contributed by atoms with Gasteiger partial charge in [0.1, 0.15) is 6.61 Å². The minimum Gasteiger partial charge on any atom is -0.493 e. The van der Waals surface area contributed by atoms with Gasteiger partial charge in [0.15, 0.2) is 11.5 Å². The van der Waals surface area contributed by atoms with Gasteiger partial charge in [0, 0.05) is 17.1 Å². The van der Waals surface area contributed by atoms with Gasteiger partial charge in [-0.15, -0.1) is 0 Å². The third-order valence-corrected chi connectivity index (χ3v) is 6.05. The van der Waals surface area contributed by atoms with E-state index in [1.807, 2.05) is 25.1 Å². The molecule has 0 spiro atoms. The van der Waals surface area contributed by atoms with Crippen LogP contribution in [-0.2, 0) is 11.4 Å². The third-order valence-electron chi connectivity index (χ3n) is 4.49. The van der Waals surface area contributed by atoms with Crippen LogP contribution in [0.5, 0.6) is 11.5 Å². The number of halogens is 2. The van der Waals surface area contributed by atoms with Crippen LogP contribution in [-0.4, -0.2) is 29.7 Å². The average Bonchev–Trinajstić information content (AvgIpc) is 2.99. The van der Waals surface area contributed by atoms with Crippen molar-refractivity contribution in [1.82, 2.24) is 4.90 Å². The van der Waals surface area contributed by atoms with Crippen molar-refractivity contribution in [2.24, 2.45) is 0 Å². The first-order valence-electron chi connectivity index (χ1n) is 9.43. The fourth-order valence-corrected chi connectivity index (χ4v) is 4.22. The second-order valence-corrected chi connectivity index (χ2v) is 8.41. The van der Waals surface area contributed by atoms with Crippen molar-refractivity contribution in [3.63, 3.8) is 0 Å². The van der Waals surface area contributed by atoms with E-state index in [0.717, 1.165) is 30.2 Å². The van der Waals surface area contributed by atoms with Crippen LogP contribution in [0.2, 0.25) is 10.0 Å². The predicted octanol–water partition coefficient (Wildman–Crippen LogP) is 6.42. The molecule has 0 radical (unpaired) electrons. The smallest absolute Gasteiger partial charge is 0.293 e. The highest BCUT2D eigenvalue weighted by molar-refractivity contribution is 8.18. The quantitative estimate of drug-likeness (QED) is 0.421. The first kappa shape index (κ1) is 22.5. The molecule has 0 N–H and O–H groups in total. The summed E-state index contributed by atoms with van der Waals surface area (Å²) in [6.45, 7) is 2.67. The van der Waals surface area contributed by atoms with E-state index in [9.17, 15) is 9.59 Å². The summed E-state index contributed by atoms with van der Waals surface area (Å²) in [6.07, 6.45) is 3.33. The van der Waals surface area contributed by atoms with Crippen LogP contribution in [0.1, 0.15) is 30.9 Å². The van der Waals surface area contributed by atoms with E-state index in [2.05, 4.69) is 0 Å². The molecule has 1 saturated heterocycles. The van der Waals surface area contributed by atoms with Gasteiger partial charge in [-0.1, -0.05) is 54.7 Å². The highest BCUT2D eigenvalue weighted by Gasteiger charge is 2.34. The summed E-state index contributed by atoms with van der Waals surface area (Å²) < 4.78 is 11.3. The minimum atomic E-state index is -0.285. The third kappa shape index (κ3) is 5.12. The van der Waals surface area contributed by atoms with Gasteiger partial charge < -0.3 is 9.47 Å². The molecule has 1 fully saturated rings. The SMILES string of the molecule is CCCCN1C(=O)S/C(=C\c2cc(Cl)c(OCc3ccccc3Cl)c(OC)c2)C1=O. The second kappa shape index (κ2) is 10.2. The van der Waals surface area contributed by atoms with Crippen molar-refractivity contribution in [2.45, 2.75) is 26.4 Å². The molecule has 0 aliphatic carbocycles. The summed E-state index contributed by atoms with van der Waals surface area (Å²) in [7, 11) is 1.51. The predicted molar refractivity (Wildman–Crippen MR) is 121 cm³/mol. The Hall–Kier alpha value is -2.15. The molecule has 0 atom stereocenters. The molecule has 2 aromatic rings. The lowest BCUT2D eigenvalue weighted by Crippen LogP contribution is -2.29. The van der Waals surface area contributed by atoms with E-state index < -0.39 is 0 Å². The lowest BCUT2D eigenvalue weighted by molar-refractivity contribution is -0.122. The lowest BCUT2D eigenvalue weighted by Gasteiger charge is -2.14. The van der Waals surface area contributed by atoms with Crippen LogP contribution < -0.4 is 9.47 Å². The standard InChI is InChI=1S/C22H21Cl2NO4S/c1-3-4-9-25-21(26)19(30-22(25)27)12-14-10-17(24)20(18(11-14)28-2)29-13-15-7-5-6-8-16(15)23/h5-8,10-12H,3-4,9,13H2,1-2H3/b19-12-. The van der Waals surface area contributed by atoms with Crippen molar-refractivity contribution in [3.05, 3.63) is 62.5 Å². The number of amides is 2. The molecule has 1 heterocycles. The first-order chi connectivity index (χ1) is 14.4. The van der Waals surface area contributed by atoms with E-state index >= 15 is 0 Å². The molecular formula is C22H21Cl2NO4S. The Bertz CT molecular complexity index is 993. The van der Waals surface area contributed by atoms with Gasteiger partial charge >= 0.3 is 0 Å². The van der Waals surface area contributed by atoms with Gasteiger partial charge in [-0.25, -0.2) is 0 Å². The number of benzene rings is 2. The van der Waals surface area contributed by atoms with Gasteiger partial charge in [-0.05, 0) is 48.0 Å². The Balaban J connectivity index is 1.82. The molecular weight excluding hydrogens is 445 g/mol. The van der Waals surface area contributed by atoms with E-state index in [0.29, 0.717) is 38.6 Å². The summed E-state index contributed by atoms with van der Waals surface area (Å²) in [5, 5.41) is 0.679. The number of carbonyl (C=O) groups is 2. The van der Waals surface area contributed by atoms with Crippen molar-refractivity contribution < 1.29 is 19.1 Å².